The lowest BCUT2D eigenvalue weighted by Gasteiger charge is -2.25. The first-order chi connectivity index (χ1) is 26.2. The number of nitrogen functional groups attached to an aromatic ring is 1. The zero-order chi connectivity index (χ0) is 40.0. The minimum absolute atomic E-state index is 0.181. The monoisotopic (exact) mass is 766 g/mol. The number of amides is 4. The highest BCUT2D eigenvalue weighted by Gasteiger charge is 2.29. The first-order valence-electron chi connectivity index (χ1n) is 17.6. The molecular formula is C41H46N6O7S. The van der Waals surface area contributed by atoms with Crippen LogP contribution in [0.2, 0.25) is 0 Å². The van der Waals surface area contributed by atoms with Gasteiger partial charge in [-0.3, -0.25) is 14.4 Å². The van der Waals surface area contributed by atoms with Crippen LogP contribution in [-0.4, -0.2) is 71.7 Å². The molecule has 0 saturated carbocycles. The molecule has 4 aromatic carbocycles. The number of hydrogen-bond acceptors (Lipinski definition) is 10. The number of anilines is 2. The third kappa shape index (κ3) is 13.4. The number of unbranched alkanes of at least 4 members (excludes halogenated alkanes) is 1. The summed E-state index contributed by atoms with van der Waals surface area (Å²) >= 11 is 1.27. The van der Waals surface area contributed by atoms with Crippen molar-refractivity contribution < 1.29 is 33.8 Å². The molecule has 0 aliphatic heterocycles. The van der Waals surface area contributed by atoms with Crippen LogP contribution in [0.1, 0.15) is 56.0 Å². The van der Waals surface area contributed by atoms with E-state index in [1.807, 2.05) is 6.07 Å². The van der Waals surface area contributed by atoms with Gasteiger partial charge in [-0.05, 0) is 113 Å². The summed E-state index contributed by atoms with van der Waals surface area (Å²) in [5.41, 5.74) is 6.88. The van der Waals surface area contributed by atoms with Crippen LogP contribution in [0, 0.1) is 11.3 Å². The van der Waals surface area contributed by atoms with Crippen molar-refractivity contribution in [3.05, 3.63) is 108 Å². The molecule has 0 saturated heterocycles. The van der Waals surface area contributed by atoms with Crippen LogP contribution < -0.4 is 26.4 Å². The van der Waals surface area contributed by atoms with Gasteiger partial charge >= 0.3 is 6.09 Å². The number of aliphatic hydroxyl groups excluding tert-OH is 1. The van der Waals surface area contributed by atoms with Crippen LogP contribution >= 0.6 is 11.8 Å². The highest BCUT2D eigenvalue weighted by Crippen LogP contribution is 2.33. The van der Waals surface area contributed by atoms with Gasteiger partial charge in [0.15, 0.2) is 6.10 Å². The first kappa shape index (κ1) is 41.7. The second-order valence-corrected chi connectivity index (χ2v) is 14.7. The summed E-state index contributed by atoms with van der Waals surface area (Å²) in [7, 11) is 1.48. The minimum atomic E-state index is -1.66. The maximum Gasteiger partial charge on any atom is 0.407 e. The maximum atomic E-state index is 13.6. The van der Waals surface area contributed by atoms with E-state index in [0.29, 0.717) is 56.6 Å². The van der Waals surface area contributed by atoms with Gasteiger partial charge < -0.3 is 41.2 Å². The predicted octanol–water partition coefficient (Wildman–Crippen LogP) is 6.34. The van der Waals surface area contributed by atoms with Gasteiger partial charge in [-0.15, -0.1) is 0 Å². The molecule has 0 bridgehead atoms. The summed E-state index contributed by atoms with van der Waals surface area (Å²) in [6.45, 7) is 5.18. The SMILES string of the molecule is CN(CC(=O)N[C@@H](CCCCNC(=O)OC(C)(C)C)[C@H](O)C(=O)Nc1ccc(Oc2ccc(N)cc2)cc1)C(=O)c1ccccc1Sc1ccccc1C#N. The van der Waals surface area contributed by atoms with Crippen molar-refractivity contribution in [3.63, 3.8) is 0 Å². The number of carbonyl (C=O) groups excluding carboxylic acids is 4. The number of carbonyl (C=O) groups is 4. The van der Waals surface area contributed by atoms with Gasteiger partial charge in [-0.2, -0.15) is 5.26 Å². The predicted molar refractivity (Wildman–Crippen MR) is 211 cm³/mol. The third-order valence-corrected chi connectivity index (χ3v) is 9.07. The lowest BCUT2D eigenvalue weighted by atomic mass is 10.0. The second kappa shape index (κ2) is 19.9. The van der Waals surface area contributed by atoms with E-state index in [1.54, 1.807) is 112 Å². The number of alkyl carbamates (subject to hydrolysis) is 1. The first-order valence-corrected chi connectivity index (χ1v) is 18.4. The minimum Gasteiger partial charge on any atom is -0.457 e. The van der Waals surface area contributed by atoms with Crippen LogP contribution in [-0.2, 0) is 14.3 Å². The van der Waals surface area contributed by atoms with E-state index in [9.17, 15) is 29.5 Å². The summed E-state index contributed by atoms with van der Waals surface area (Å²) in [6, 6.07) is 28.5. The molecule has 14 heteroatoms. The quantitative estimate of drug-likeness (QED) is 0.0635. The average Bonchev–Trinajstić information content (AvgIpc) is 3.15. The normalized spacial score (nSPS) is 12.0. The highest BCUT2D eigenvalue weighted by molar-refractivity contribution is 7.99. The lowest BCUT2D eigenvalue weighted by molar-refractivity contribution is -0.128. The van der Waals surface area contributed by atoms with E-state index in [4.69, 9.17) is 15.2 Å². The third-order valence-electron chi connectivity index (χ3n) is 7.92. The number of nitrogens with one attached hydrogen (secondary N) is 3. The van der Waals surface area contributed by atoms with E-state index in [2.05, 4.69) is 22.0 Å². The Balaban J connectivity index is 1.40. The lowest BCUT2D eigenvalue weighted by Crippen LogP contribution is -2.51. The summed E-state index contributed by atoms with van der Waals surface area (Å²) in [5, 5.41) is 28.8. The van der Waals surface area contributed by atoms with E-state index >= 15 is 0 Å². The van der Waals surface area contributed by atoms with Crippen molar-refractivity contribution in [2.75, 3.05) is 31.2 Å². The molecule has 0 radical (unpaired) electrons. The van der Waals surface area contributed by atoms with Crippen LogP contribution in [0.4, 0.5) is 16.2 Å². The fraction of sp³-hybridized carbons (Fsp3) is 0.293. The van der Waals surface area contributed by atoms with Gasteiger partial charge in [0.05, 0.1) is 23.7 Å². The molecule has 4 amide bonds. The standard InChI is InChI=1S/C41H46N6O7S/c1-41(2,3)54-40(52)44-24-10-9-13-33(37(49)38(50)45-29-18-22-31(23-19-29)53-30-20-16-28(43)17-21-30)46-36(48)26-47(4)39(51)32-12-6-8-15-35(32)55-34-14-7-5-11-27(34)25-42/h5-8,11-12,14-23,33,37,49H,9-10,13,24,26,43H2,1-4H3,(H,44,52)(H,45,50)(H,46,48)/t33-,37-/m0/s1. The zero-order valence-corrected chi connectivity index (χ0v) is 32.0. The highest BCUT2D eigenvalue weighted by atomic mass is 32.2. The molecule has 4 aromatic rings. The summed E-state index contributed by atoms with van der Waals surface area (Å²) in [6.07, 6.45) is -1.15. The topological polar surface area (TPSA) is 196 Å². The zero-order valence-electron chi connectivity index (χ0n) is 31.2. The summed E-state index contributed by atoms with van der Waals surface area (Å²) < 4.78 is 11.1. The van der Waals surface area contributed by atoms with Crippen molar-refractivity contribution in [1.82, 2.24) is 15.5 Å². The molecule has 4 rings (SSSR count). The molecule has 6 N–H and O–H groups in total. The van der Waals surface area contributed by atoms with E-state index in [1.165, 1.54) is 23.7 Å². The molecule has 0 heterocycles. The number of likely N-dealkylation sites (N-methyl/N-ethyl adjacent to an activating group) is 1. The Labute approximate surface area is 325 Å². The Morgan fingerprint density at radius 1 is 0.891 bits per heavy atom. The Morgan fingerprint density at radius 2 is 1.51 bits per heavy atom. The summed E-state index contributed by atoms with van der Waals surface area (Å²) in [5.74, 6) is -0.681. The molecule has 288 valence electrons. The Hall–Kier alpha value is -6.04. The fourth-order valence-electron chi connectivity index (χ4n) is 5.22. The number of rotatable bonds is 16. The largest absolute Gasteiger partial charge is 0.457 e. The Bertz CT molecular complexity index is 1980. The molecule has 0 aliphatic carbocycles. The smallest absolute Gasteiger partial charge is 0.407 e. The number of ether oxygens (including phenoxy) is 2. The molecule has 0 fully saturated rings. The van der Waals surface area contributed by atoms with Gasteiger partial charge in [-0.1, -0.05) is 36.0 Å². The number of aliphatic hydroxyl groups is 1. The number of hydrogen-bond donors (Lipinski definition) is 5. The van der Waals surface area contributed by atoms with E-state index in [0.717, 1.165) is 0 Å². The van der Waals surface area contributed by atoms with Gasteiger partial charge in [0.25, 0.3) is 11.8 Å². The van der Waals surface area contributed by atoms with E-state index < -0.39 is 41.6 Å². The van der Waals surface area contributed by atoms with Crippen molar-refractivity contribution in [1.29, 1.82) is 5.26 Å². The van der Waals surface area contributed by atoms with Gasteiger partial charge in [-0.25, -0.2) is 4.79 Å². The van der Waals surface area contributed by atoms with Gasteiger partial charge in [0.2, 0.25) is 5.91 Å². The Kier molecular flexibility index (Phi) is 15.1. The van der Waals surface area contributed by atoms with Crippen molar-refractivity contribution in [3.8, 4) is 17.6 Å². The summed E-state index contributed by atoms with van der Waals surface area (Å²) in [4.78, 5) is 54.9. The molecule has 2 atom stereocenters. The van der Waals surface area contributed by atoms with Crippen LogP contribution in [0.15, 0.2) is 107 Å². The van der Waals surface area contributed by atoms with E-state index in [-0.39, 0.29) is 19.5 Å². The second-order valence-electron chi connectivity index (χ2n) is 13.6. The fourth-order valence-corrected chi connectivity index (χ4v) is 6.24. The Morgan fingerprint density at radius 3 is 2.16 bits per heavy atom. The molecule has 0 unspecified atom stereocenters. The van der Waals surface area contributed by atoms with Crippen LogP contribution in [0.5, 0.6) is 11.5 Å². The van der Waals surface area contributed by atoms with Crippen LogP contribution in [0.25, 0.3) is 0 Å². The molecule has 0 spiro atoms. The maximum absolute atomic E-state index is 13.6. The molecular weight excluding hydrogens is 721 g/mol. The average molecular weight is 767 g/mol. The van der Waals surface area contributed by atoms with Crippen molar-refractivity contribution in [2.24, 2.45) is 0 Å². The van der Waals surface area contributed by atoms with Crippen LogP contribution in [0.3, 0.4) is 0 Å². The molecule has 55 heavy (non-hydrogen) atoms. The number of nitrogens with two attached hydrogens (primary N) is 1. The number of nitriles is 1. The number of benzene rings is 4. The molecule has 0 aromatic heterocycles. The van der Waals surface area contributed by atoms with Gasteiger partial charge in [0, 0.05) is 34.8 Å². The van der Waals surface area contributed by atoms with Crippen molar-refractivity contribution >= 4 is 47.0 Å². The van der Waals surface area contributed by atoms with Crippen molar-refractivity contribution in [2.45, 2.75) is 67.6 Å². The molecule has 0 aliphatic rings. The molecule has 13 nitrogen and oxygen atoms in total. The van der Waals surface area contributed by atoms with Gasteiger partial charge in [0.1, 0.15) is 23.2 Å². The number of nitrogens with zero attached hydrogens (tertiary/aromatic N) is 2.